The molecule has 1 heterocycles. The van der Waals surface area contributed by atoms with Crippen LogP contribution in [0, 0.1) is 0 Å². The highest BCUT2D eigenvalue weighted by Crippen LogP contribution is 2.45. The van der Waals surface area contributed by atoms with Gasteiger partial charge in [-0.15, -0.1) is 0 Å². The summed E-state index contributed by atoms with van der Waals surface area (Å²) < 4.78 is 5.11. The molecule has 1 aliphatic rings. The molecule has 0 bridgehead atoms. The maximum atomic E-state index is 5.67. The highest BCUT2D eigenvalue weighted by molar-refractivity contribution is 5.26. The van der Waals surface area contributed by atoms with Crippen molar-refractivity contribution < 1.29 is 4.74 Å². The molecule has 0 unspecified atom stereocenters. The molecular formula is C12H18N2O. The highest BCUT2D eigenvalue weighted by Gasteiger charge is 2.38. The van der Waals surface area contributed by atoms with Crippen LogP contribution in [0.25, 0.3) is 0 Å². The van der Waals surface area contributed by atoms with E-state index >= 15 is 0 Å². The lowest BCUT2D eigenvalue weighted by Gasteiger charge is -2.41. The quantitative estimate of drug-likeness (QED) is 0.818. The van der Waals surface area contributed by atoms with Gasteiger partial charge in [-0.2, -0.15) is 0 Å². The van der Waals surface area contributed by atoms with Crippen molar-refractivity contribution in [2.24, 2.45) is 5.73 Å². The van der Waals surface area contributed by atoms with Gasteiger partial charge in [-0.1, -0.05) is 6.42 Å². The second-order valence-electron chi connectivity index (χ2n) is 4.26. The fourth-order valence-corrected chi connectivity index (χ4v) is 2.33. The molecule has 0 aliphatic heterocycles. The minimum absolute atomic E-state index is 0.265. The van der Waals surface area contributed by atoms with Gasteiger partial charge in [-0.25, -0.2) is 0 Å². The molecule has 1 aliphatic carbocycles. The number of rotatable bonds is 4. The van der Waals surface area contributed by atoms with Crippen molar-refractivity contribution in [1.82, 2.24) is 4.98 Å². The van der Waals surface area contributed by atoms with Gasteiger partial charge in [0.15, 0.2) is 0 Å². The summed E-state index contributed by atoms with van der Waals surface area (Å²) in [6, 6.07) is 4.06. The van der Waals surface area contributed by atoms with Gasteiger partial charge in [0.2, 0.25) is 0 Å². The normalized spacial score (nSPS) is 18.3. The van der Waals surface area contributed by atoms with Crippen molar-refractivity contribution in [3.8, 4) is 5.75 Å². The summed E-state index contributed by atoms with van der Waals surface area (Å²) in [6.45, 7) is 0.744. The lowest BCUT2D eigenvalue weighted by atomic mass is 9.64. The molecule has 3 heteroatoms. The maximum Gasteiger partial charge on any atom is 0.137 e. The molecular weight excluding hydrogens is 188 g/mol. The van der Waals surface area contributed by atoms with E-state index in [0.29, 0.717) is 0 Å². The van der Waals surface area contributed by atoms with E-state index in [1.54, 1.807) is 13.3 Å². The first-order valence-corrected chi connectivity index (χ1v) is 5.51. The molecule has 1 fully saturated rings. The van der Waals surface area contributed by atoms with Crippen molar-refractivity contribution in [1.29, 1.82) is 0 Å². The van der Waals surface area contributed by atoms with Crippen LogP contribution in [-0.4, -0.2) is 18.6 Å². The molecule has 1 aromatic rings. The second kappa shape index (κ2) is 4.19. The van der Waals surface area contributed by atoms with Crippen molar-refractivity contribution in [3.05, 3.63) is 24.0 Å². The Morgan fingerprint density at radius 2 is 2.27 bits per heavy atom. The van der Waals surface area contributed by atoms with Crippen LogP contribution in [-0.2, 0) is 5.41 Å². The first-order valence-electron chi connectivity index (χ1n) is 5.51. The number of pyridine rings is 1. The zero-order chi connectivity index (χ0) is 10.7. The monoisotopic (exact) mass is 206 g/mol. The summed E-state index contributed by atoms with van der Waals surface area (Å²) in [6.07, 6.45) is 6.60. The summed E-state index contributed by atoms with van der Waals surface area (Å²) in [4.78, 5) is 4.48. The minimum Gasteiger partial charge on any atom is -0.495 e. The molecule has 1 aromatic heterocycles. The van der Waals surface area contributed by atoms with Crippen LogP contribution in [0.3, 0.4) is 0 Å². The van der Waals surface area contributed by atoms with E-state index < -0.39 is 0 Å². The van der Waals surface area contributed by atoms with E-state index in [-0.39, 0.29) is 5.41 Å². The van der Waals surface area contributed by atoms with Gasteiger partial charge in [0.05, 0.1) is 13.3 Å². The Morgan fingerprint density at radius 3 is 2.67 bits per heavy atom. The lowest BCUT2D eigenvalue weighted by molar-refractivity contribution is 0.222. The van der Waals surface area contributed by atoms with E-state index in [1.165, 1.54) is 25.0 Å². The SMILES string of the molecule is COc1ccc(C2(CCN)CCC2)nc1. The van der Waals surface area contributed by atoms with Crippen LogP contribution in [0.4, 0.5) is 0 Å². The molecule has 0 atom stereocenters. The van der Waals surface area contributed by atoms with Gasteiger partial charge in [-0.05, 0) is 37.9 Å². The lowest BCUT2D eigenvalue weighted by Crippen LogP contribution is -2.37. The number of nitrogens with zero attached hydrogens (tertiary/aromatic N) is 1. The summed E-state index contributed by atoms with van der Waals surface area (Å²) in [5.74, 6) is 0.820. The van der Waals surface area contributed by atoms with E-state index in [4.69, 9.17) is 10.5 Å². The third kappa shape index (κ3) is 1.84. The number of nitrogens with two attached hydrogens (primary N) is 1. The predicted octanol–water partition coefficient (Wildman–Crippen LogP) is 1.86. The van der Waals surface area contributed by atoms with E-state index in [0.717, 1.165) is 18.7 Å². The number of aromatic nitrogens is 1. The average Bonchev–Trinajstić information content (AvgIpc) is 2.24. The van der Waals surface area contributed by atoms with Gasteiger partial charge in [0, 0.05) is 11.1 Å². The summed E-state index contributed by atoms with van der Waals surface area (Å²) in [5.41, 5.74) is 7.11. The van der Waals surface area contributed by atoms with E-state index in [1.807, 2.05) is 6.07 Å². The van der Waals surface area contributed by atoms with E-state index in [2.05, 4.69) is 11.1 Å². The maximum absolute atomic E-state index is 5.67. The Labute approximate surface area is 90.7 Å². The summed E-state index contributed by atoms with van der Waals surface area (Å²) in [7, 11) is 1.66. The number of methoxy groups -OCH3 is 1. The highest BCUT2D eigenvalue weighted by atomic mass is 16.5. The van der Waals surface area contributed by atoms with Crippen LogP contribution >= 0.6 is 0 Å². The zero-order valence-corrected chi connectivity index (χ0v) is 9.20. The second-order valence-corrected chi connectivity index (χ2v) is 4.26. The molecule has 82 valence electrons. The smallest absolute Gasteiger partial charge is 0.137 e. The molecule has 2 N–H and O–H groups in total. The largest absolute Gasteiger partial charge is 0.495 e. The van der Waals surface area contributed by atoms with Crippen molar-refractivity contribution in [2.75, 3.05) is 13.7 Å². The third-order valence-electron chi connectivity index (χ3n) is 3.45. The van der Waals surface area contributed by atoms with Gasteiger partial charge in [-0.3, -0.25) is 4.98 Å². The summed E-state index contributed by atoms with van der Waals surface area (Å²) >= 11 is 0. The minimum atomic E-state index is 0.265. The molecule has 1 saturated carbocycles. The van der Waals surface area contributed by atoms with Crippen molar-refractivity contribution in [2.45, 2.75) is 31.1 Å². The average molecular weight is 206 g/mol. The van der Waals surface area contributed by atoms with Crippen LogP contribution < -0.4 is 10.5 Å². The Morgan fingerprint density at radius 1 is 1.47 bits per heavy atom. The molecule has 2 rings (SSSR count). The fraction of sp³-hybridized carbons (Fsp3) is 0.583. The molecule has 0 aromatic carbocycles. The first kappa shape index (κ1) is 10.4. The van der Waals surface area contributed by atoms with Gasteiger partial charge < -0.3 is 10.5 Å². The molecule has 0 spiro atoms. The molecule has 0 radical (unpaired) electrons. The van der Waals surface area contributed by atoms with Crippen molar-refractivity contribution >= 4 is 0 Å². The zero-order valence-electron chi connectivity index (χ0n) is 9.20. The Hall–Kier alpha value is -1.09. The number of hydrogen-bond donors (Lipinski definition) is 1. The van der Waals surface area contributed by atoms with E-state index in [9.17, 15) is 0 Å². The van der Waals surface area contributed by atoms with Gasteiger partial charge in [0.1, 0.15) is 5.75 Å². The Balaban J connectivity index is 2.19. The van der Waals surface area contributed by atoms with Crippen LogP contribution in [0.2, 0.25) is 0 Å². The number of ether oxygens (including phenoxy) is 1. The standard InChI is InChI=1S/C12H18N2O/c1-15-10-3-4-11(14-9-10)12(7-8-13)5-2-6-12/h3-4,9H,2,5-8,13H2,1H3. The van der Waals surface area contributed by atoms with Crippen LogP contribution in [0.15, 0.2) is 18.3 Å². The molecule has 0 amide bonds. The third-order valence-corrected chi connectivity index (χ3v) is 3.45. The van der Waals surface area contributed by atoms with Crippen molar-refractivity contribution in [3.63, 3.8) is 0 Å². The predicted molar refractivity (Wildman–Crippen MR) is 60.0 cm³/mol. The van der Waals surface area contributed by atoms with Gasteiger partial charge in [0.25, 0.3) is 0 Å². The van der Waals surface area contributed by atoms with Gasteiger partial charge >= 0.3 is 0 Å². The first-order chi connectivity index (χ1) is 7.30. The number of hydrogen-bond acceptors (Lipinski definition) is 3. The molecule has 0 saturated heterocycles. The molecule has 3 nitrogen and oxygen atoms in total. The van der Waals surface area contributed by atoms with Crippen LogP contribution in [0.5, 0.6) is 5.75 Å². The summed E-state index contributed by atoms with van der Waals surface area (Å²) in [5, 5.41) is 0. The topological polar surface area (TPSA) is 48.1 Å². The fourth-order valence-electron chi connectivity index (χ4n) is 2.33. The van der Waals surface area contributed by atoms with Crippen LogP contribution in [0.1, 0.15) is 31.4 Å². The Bertz CT molecular complexity index is 317. The Kier molecular flexibility index (Phi) is 2.91. The molecule has 15 heavy (non-hydrogen) atoms.